The van der Waals surface area contributed by atoms with Gasteiger partial charge in [-0.15, -0.1) is 0 Å². The Labute approximate surface area is 139 Å². The van der Waals surface area contributed by atoms with E-state index in [-0.39, 0.29) is 26.0 Å². The van der Waals surface area contributed by atoms with E-state index < -0.39 is 12.8 Å². The molecule has 10 heteroatoms. The third-order valence-electron chi connectivity index (χ3n) is 4.25. The van der Waals surface area contributed by atoms with Crippen LogP contribution in [0.4, 0.5) is 11.6 Å². The zero-order chi connectivity index (χ0) is 17.8. The summed E-state index contributed by atoms with van der Waals surface area (Å²) in [5.74, 6) is 0.295. The van der Waals surface area contributed by atoms with E-state index in [2.05, 4.69) is 20.8 Å². The SMILES string of the molecule is CCC(CC)(c1ccccc1Nc1nnnn1CCO)P(=O)(O)O. The molecular formula is C14H22N5O4P. The summed E-state index contributed by atoms with van der Waals surface area (Å²) >= 11 is 0. The first-order valence-corrected chi connectivity index (χ1v) is 9.30. The van der Waals surface area contributed by atoms with Gasteiger partial charge in [0, 0.05) is 5.69 Å². The van der Waals surface area contributed by atoms with Gasteiger partial charge in [-0.3, -0.25) is 4.57 Å². The molecular weight excluding hydrogens is 333 g/mol. The van der Waals surface area contributed by atoms with E-state index in [0.717, 1.165) is 0 Å². The van der Waals surface area contributed by atoms with Gasteiger partial charge in [0.25, 0.3) is 0 Å². The van der Waals surface area contributed by atoms with E-state index in [9.17, 15) is 14.4 Å². The first-order chi connectivity index (χ1) is 11.4. The monoisotopic (exact) mass is 355 g/mol. The highest BCUT2D eigenvalue weighted by atomic mass is 31.2. The molecule has 0 aliphatic heterocycles. The van der Waals surface area contributed by atoms with Crippen molar-refractivity contribution < 1.29 is 19.5 Å². The van der Waals surface area contributed by atoms with Crippen LogP contribution in [0, 0.1) is 0 Å². The molecule has 0 saturated carbocycles. The van der Waals surface area contributed by atoms with Crippen molar-refractivity contribution in [3.8, 4) is 0 Å². The second-order valence-electron chi connectivity index (χ2n) is 5.40. The van der Waals surface area contributed by atoms with Gasteiger partial charge in [-0.1, -0.05) is 37.1 Å². The zero-order valence-corrected chi connectivity index (χ0v) is 14.5. The number of hydrogen-bond acceptors (Lipinski definition) is 6. The summed E-state index contributed by atoms with van der Waals surface area (Å²) in [6, 6.07) is 6.94. The first-order valence-electron chi connectivity index (χ1n) is 7.68. The molecule has 1 heterocycles. The van der Waals surface area contributed by atoms with Crippen LogP contribution < -0.4 is 5.32 Å². The van der Waals surface area contributed by atoms with Gasteiger partial charge >= 0.3 is 7.60 Å². The molecule has 0 bridgehead atoms. The van der Waals surface area contributed by atoms with Crippen molar-refractivity contribution in [1.82, 2.24) is 20.2 Å². The Morgan fingerprint density at radius 2 is 1.92 bits per heavy atom. The normalized spacial score (nSPS) is 12.4. The lowest BCUT2D eigenvalue weighted by atomic mass is 9.91. The molecule has 2 rings (SSSR count). The summed E-state index contributed by atoms with van der Waals surface area (Å²) in [7, 11) is -4.41. The molecule has 0 aliphatic carbocycles. The fourth-order valence-corrected chi connectivity index (χ4v) is 4.19. The van der Waals surface area contributed by atoms with Crippen molar-refractivity contribution in [1.29, 1.82) is 0 Å². The highest BCUT2D eigenvalue weighted by molar-refractivity contribution is 7.53. The second-order valence-corrected chi connectivity index (χ2v) is 7.35. The predicted molar refractivity (Wildman–Crippen MR) is 88.9 cm³/mol. The molecule has 0 unspecified atom stereocenters. The lowest BCUT2D eigenvalue weighted by molar-refractivity contribution is 0.269. The number of rotatable bonds is 8. The maximum atomic E-state index is 12.2. The Kier molecular flexibility index (Phi) is 5.71. The molecule has 2 aromatic rings. The fraction of sp³-hybridized carbons (Fsp3) is 0.500. The number of aromatic nitrogens is 4. The maximum absolute atomic E-state index is 12.2. The summed E-state index contributed by atoms with van der Waals surface area (Å²) in [6.45, 7) is 3.60. The summed E-state index contributed by atoms with van der Waals surface area (Å²) in [6.07, 6.45) is 0.572. The Bertz CT molecular complexity index is 725. The van der Waals surface area contributed by atoms with Gasteiger partial charge in [-0.05, 0) is 34.9 Å². The van der Waals surface area contributed by atoms with Crippen LogP contribution >= 0.6 is 7.60 Å². The van der Waals surface area contributed by atoms with Crippen LogP contribution in [0.2, 0.25) is 0 Å². The second kappa shape index (κ2) is 7.40. The van der Waals surface area contributed by atoms with Crippen LogP contribution in [0.3, 0.4) is 0 Å². The van der Waals surface area contributed by atoms with Gasteiger partial charge in [0.2, 0.25) is 5.95 Å². The number of para-hydroxylation sites is 1. The molecule has 0 atom stereocenters. The molecule has 4 N–H and O–H groups in total. The van der Waals surface area contributed by atoms with Crippen LogP contribution in [0.15, 0.2) is 24.3 Å². The summed E-state index contributed by atoms with van der Waals surface area (Å²) in [5, 5.41) is 22.0. The Morgan fingerprint density at radius 1 is 1.25 bits per heavy atom. The van der Waals surface area contributed by atoms with Crippen molar-refractivity contribution in [2.24, 2.45) is 0 Å². The van der Waals surface area contributed by atoms with E-state index in [1.54, 1.807) is 38.1 Å². The molecule has 0 aliphatic rings. The van der Waals surface area contributed by atoms with Crippen LogP contribution in [-0.4, -0.2) is 41.7 Å². The van der Waals surface area contributed by atoms with Gasteiger partial charge in [0.1, 0.15) is 0 Å². The maximum Gasteiger partial charge on any atom is 0.336 e. The highest BCUT2D eigenvalue weighted by Gasteiger charge is 2.46. The van der Waals surface area contributed by atoms with Crippen molar-refractivity contribution in [3.63, 3.8) is 0 Å². The number of hydrogen-bond donors (Lipinski definition) is 4. The number of benzene rings is 1. The van der Waals surface area contributed by atoms with Gasteiger partial charge in [0.15, 0.2) is 0 Å². The summed E-state index contributed by atoms with van der Waals surface area (Å²) in [4.78, 5) is 20.0. The third kappa shape index (κ3) is 3.34. The van der Waals surface area contributed by atoms with E-state index in [0.29, 0.717) is 17.2 Å². The predicted octanol–water partition coefficient (Wildman–Crippen LogP) is 1.60. The standard InChI is InChI=1S/C14H22N5O4P/c1-3-14(4-2,24(21,22)23)11-7-5-6-8-12(11)15-13-16-17-18-19(13)9-10-20/h5-8,20H,3-4,9-10H2,1-2H3,(H,15,16,18)(H2,21,22,23). The minimum atomic E-state index is -4.41. The van der Waals surface area contributed by atoms with Gasteiger partial charge in [-0.2, -0.15) is 0 Å². The van der Waals surface area contributed by atoms with Gasteiger partial charge in [-0.25, -0.2) is 4.68 Å². The summed E-state index contributed by atoms with van der Waals surface area (Å²) < 4.78 is 13.6. The molecule has 132 valence electrons. The average molecular weight is 355 g/mol. The first kappa shape index (κ1) is 18.5. The fourth-order valence-electron chi connectivity index (χ4n) is 2.86. The lowest BCUT2D eigenvalue weighted by Crippen LogP contribution is -2.26. The minimum absolute atomic E-state index is 0.127. The molecule has 24 heavy (non-hydrogen) atoms. The summed E-state index contributed by atoms with van der Waals surface area (Å²) in [5.41, 5.74) is 1.04. The third-order valence-corrected chi connectivity index (χ3v) is 6.23. The number of anilines is 2. The zero-order valence-electron chi connectivity index (χ0n) is 13.6. The number of aliphatic hydroxyl groups excluding tert-OH is 1. The van der Waals surface area contributed by atoms with Crippen LogP contribution in [0.5, 0.6) is 0 Å². The highest BCUT2D eigenvalue weighted by Crippen LogP contribution is 2.62. The van der Waals surface area contributed by atoms with Gasteiger partial charge < -0.3 is 20.2 Å². The van der Waals surface area contributed by atoms with E-state index >= 15 is 0 Å². The van der Waals surface area contributed by atoms with Crippen molar-refractivity contribution in [2.45, 2.75) is 38.4 Å². The Balaban J connectivity index is 2.51. The largest absolute Gasteiger partial charge is 0.394 e. The quantitative estimate of drug-likeness (QED) is 0.525. The molecule has 1 aromatic heterocycles. The molecule has 1 aromatic carbocycles. The van der Waals surface area contributed by atoms with Crippen LogP contribution in [0.25, 0.3) is 0 Å². The van der Waals surface area contributed by atoms with Crippen LogP contribution in [-0.2, 0) is 16.3 Å². The molecule has 9 nitrogen and oxygen atoms in total. The molecule has 0 spiro atoms. The number of aliphatic hydroxyl groups is 1. The number of nitrogens with zero attached hydrogens (tertiary/aromatic N) is 4. The smallest absolute Gasteiger partial charge is 0.336 e. The molecule has 0 fully saturated rings. The van der Waals surface area contributed by atoms with Crippen molar-refractivity contribution in [2.75, 3.05) is 11.9 Å². The Morgan fingerprint density at radius 3 is 2.50 bits per heavy atom. The Hall–Kier alpha value is -1.80. The molecule has 0 radical (unpaired) electrons. The molecule has 0 amide bonds. The van der Waals surface area contributed by atoms with Crippen molar-refractivity contribution in [3.05, 3.63) is 29.8 Å². The van der Waals surface area contributed by atoms with E-state index in [1.165, 1.54) is 4.68 Å². The average Bonchev–Trinajstić information content (AvgIpc) is 2.97. The van der Waals surface area contributed by atoms with E-state index in [1.807, 2.05) is 0 Å². The lowest BCUT2D eigenvalue weighted by Gasteiger charge is -2.34. The van der Waals surface area contributed by atoms with Crippen molar-refractivity contribution >= 4 is 19.2 Å². The topological polar surface area (TPSA) is 133 Å². The number of tetrazole rings is 1. The van der Waals surface area contributed by atoms with Crippen LogP contribution in [0.1, 0.15) is 32.3 Å². The minimum Gasteiger partial charge on any atom is -0.394 e. The number of nitrogens with one attached hydrogen (secondary N) is 1. The van der Waals surface area contributed by atoms with Gasteiger partial charge in [0.05, 0.1) is 18.3 Å². The van der Waals surface area contributed by atoms with E-state index in [4.69, 9.17) is 5.11 Å². The molecule has 0 saturated heterocycles.